The Hall–Kier alpha value is -3.06. The summed E-state index contributed by atoms with van der Waals surface area (Å²) in [4.78, 5) is 7.57. The first-order chi connectivity index (χ1) is 11.1. The third-order valence-electron chi connectivity index (χ3n) is 3.62. The van der Waals surface area contributed by atoms with Gasteiger partial charge in [0.2, 0.25) is 5.69 Å². The van der Waals surface area contributed by atoms with Crippen LogP contribution in [0.25, 0.3) is 27.2 Å². The molecule has 1 heterocycles. The van der Waals surface area contributed by atoms with Crippen LogP contribution in [-0.2, 0) is 0 Å². The summed E-state index contributed by atoms with van der Waals surface area (Å²) < 4.78 is 27.0. The van der Waals surface area contributed by atoms with Crippen molar-refractivity contribution in [1.29, 1.82) is 0 Å². The van der Waals surface area contributed by atoms with Crippen LogP contribution in [0.15, 0.2) is 54.7 Å². The number of hydrogen-bond acceptors (Lipinski definition) is 1. The molecule has 4 heteroatoms. The van der Waals surface area contributed by atoms with Crippen molar-refractivity contribution in [3.63, 3.8) is 0 Å². The third kappa shape index (κ3) is 2.82. The van der Waals surface area contributed by atoms with E-state index in [0.29, 0.717) is 16.8 Å². The topological polar surface area (TPSA) is 17.2 Å². The van der Waals surface area contributed by atoms with Crippen LogP contribution in [0.3, 0.4) is 0 Å². The van der Waals surface area contributed by atoms with Gasteiger partial charge < -0.3 is 0 Å². The molecule has 2 aromatic carbocycles. The van der Waals surface area contributed by atoms with Crippen molar-refractivity contribution in [3.05, 3.63) is 83.3 Å². The lowest BCUT2D eigenvalue weighted by atomic mass is 9.98. The summed E-state index contributed by atoms with van der Waals surface area (Å²) >= 11 is 0. The van der Waals surface area contributed by atoms with Gasteiger partial charge in [0.1, 0.15) is 11.6 Å². The molecule has 3 rings (SSSR count). The van der Waals surface area contributed by atoms with Gasteiger partial charge in [-0.2, -0.15) is 0 Å². The Morgan fingerprint density at radius 1 is 0.957 bits per heavy atom. The lowest BCUT2D eigenvalue weighted by Crippen LogP contribution is -1.91. The van der Waals surface area contributed by atoms with Crippen molar-refractivity contribution < 1.29 is 8.78 Å². The Kier molecular flexibility index (Phi) is 3.86. The van der Waals surface area contributed by atoms with E-state index in [1.807, 2.05) is 6.07 Å². The number of aromatic nitrogens is 1. The summed E-state index contributed by atoms with van der Waals surface area (Å²) in [5.74, 6) is -0.824. The molecule has 0 aliphatic heterocycles. The molecule has 0 radical (unpaired) electrons. The zero-order valence-electron chi connectivity index (χ0n) is 12.3. The van der Waals surface area contributed by atoms with Crippen LogP contribution in [0.4, 0.5) is 14.5 Å². The first-order valence-electron chi connectivity index (χ1n) is 6.99. The first-order valence-corrected chi connectivity index (χ1v) is 6.99. The average molecular weight is 306 g/mol. The van der Waals surface area contributed by atoms with Gasteiger partial charge in [-0.3, -0.25) is 4.98 Å². The van der Waals surface area contributed by atoms with Gasteiger partial charge in [-0.15, -0.1) is 0 Å². The van der Waals surface area contributed by atoms with E-state index in [4.69, 9.17) is 6.57 Å². The molecule has 0 saturated heterocycles. The van der Waals surface area contributed by atoms with Crippen LogP contribution in [-0.4, -0.2) is 4.98 Å². The van der Waals surface area contributed by atoms with E-state index in [-0.39, 0.29) is 11.5 Å². The summed E-state index contributed by atoms with van der Waals surface area (Å²) in [7, 11) is 0. The largest absolute Gasteiger partial charge is 0.256 e. The van der Waals surface area contributed by atoms with Gasteiger partial charge in [-0.25, -0.2) is 13.6 Å². The molecular weight excluding hydrogens is 294 g/mol. The quantitative estimate of drug-likeness (QED) is 0.567. The van der Waals surface area contributed by atoms with Crippen molar-refractivity contribution in [2.75, 3.05) is 0 Å². The minimum Gasteiger partial charge on any atom is -0.256 e. The van der Waals surface area contributed by atoms with Crippen LogP contribution in [0.1, 0.15) is 5.56 Å². The Morgan fingerprint density at radius 3 is 2.43 bits per heavy atom. The Morgan fingerprint density at radius 2 is 1.70 bits per heavy atom. The van der Waals surface area contributed by atoms with E-state index in [9.17, 15) is 8.78 Å². The van der Waals surface area contributed by atoms with Crippen molar-refractivity contribution >= 4 is 5.69 Å². The number of hydrogen-bond donors (Lipinski definition) is 0. The second kappa shape index (κ2) is 5.98. The van der Waals surface area contributed by atoms with Crippen LogP contribution < -0.4 is 0 Å². The molecule has 23 heavy (non-hydrogen) atoms. The van der Waals surface area contributed by atoms with Crippen molar-refractivity contribution in [2.45, 2.75) is 6.92 Å². The maximum absolute atomic E-state index is 13.5. The summed E-state index contributed by atoms with van der Waals surface area (Å²) in [5.41, 5.74) is 3.39. The van der Waals surface area contributed by atoms with Crippen molar-refractivity contribution in [3.8, 4) is 22.4 Å². The van der Waals surface area contributed by atoms with E-state index < -0.39 is 5.82 Å². The molecule has 0 aliphatic carbocycles. The first kappa shape index (κ1) is 14.9. The van der Waals surface area contributed by atoms with E-state index >= 15 is 0 Å². The second-order valence-corrected chi connectivity index (χ2v) is 5.14. The number of benzene rings is 2. The number of rotatable bonds is 2. The monoisotopic (exact) mass is 306 g/mol. The molecule has 3 aromatic rings. The van der Waals surface area contributed by atoms with Crippen LogP contribution in [0.2, 0.25) is 0 Å². The minimum atomic E-state index is -0.549. The molecule has 0 atom stereocenters. The Labute approximate surface area is 132 Å². The number of aryl methyl sites for hydroxylation is 1. The summed E-state index contributed by atoms with van der Waals surface area (Å²) in [6, 6.07) is 12.8. The highest BCUT2D eigenvalue weighted by atomic mass is 19.1. The third-order valence-corrected chi connectivity index (χ3v) is 3.62. The molecule has 0 bridgehead atoms. The summed E-state index contributed by atoms with van der Waals surface area (Å²) in [6.45, 7) is 8.73. The fraction of sp³-hybridized carbons (Fsp3) is 0.0526. The van der Waals surface area contributed by atoms with E-state index in [0.717, 1.165) is 11.1 Å². The molecule has 1 aromatic heterocycles. The van der Waals surface area contributed by atoms with Gasteiger partial charge >= 0.3 is 0 Å². The van der Waals surface area contributed by atoms with Gasteiger partial charge in [0.25, 0.3) is 0 Å². The van der Waals surface area contributed by atoms with Gasteiger partial charge in [0.15, 0.2) is 0 Å². The Balaban J connectivity index is 2.19. The molecule has 0 spiro atoms. The maximum Gasteiger partial charge on any atom is 0.222 e. The zero-order valence-corrected chi connectivity index (χ0v) is 12.3. The van der Waals surface area contributed by atoms with E-state index in [1.54, 1.807) is 37.4 Å². The zero-order chi connectivity index (χ0) is 16.4. The van der Waals surface area contributed by atoms with E-state index in [2.05, 4.69) is 9.83 Å². The molecule has 0 aliphatic rings. The van der Waals surface area contributed by atoms with Gasteiger partial charge in [0, 0.05) is 17.3 Å². The fourth-order valence-electron chi connectivity index (χ4n) is 2.43. The van der Waals surface area contributed by atoms with E-state index in [1.165, 1.54) is 18.2 Å². The number of halogens is 2. The molecular formula is C19H12F2N2. The second-order valence-electron chi connectivity index (χ2n) is 5.14. The number of nitrogens with zero attached hydrogens (tertiary/aromatic N) is 2. The summed E-state index contributed by atoms with van der Waals surface area (Å²) in [5, 5.41) is 0. The molecule has 0 amide bonds. The van der Waals surface area contributed by atoms with Crippen LogP contribution in [0.5, 0.6) is 0 Å². The van der Waals surface area contributed by atoms with Gasteiger partial charge in [-0.1, -0.05) is 12.1 Å². The Bertz CT molecular complexity index is 927. The SMILES string of the molecule is [C-]#[N+]c1cc(-c2cccnc2-c2ccc(F)c(C)c2)ccc1F. The average Bonchev–Trinajstić information content (AvgIpc) is 2.58. The van der Waals surface area contributed by atoms with Gasteiger partial charge in [0.05, 0.1) is 12.3 Å². The molecule has 112 valence electrons. The smallest absolute Gasteiger partial charge is 0.222 e. The van der Waals surface area contributed by atoms with Crippen LogP contribution >= 0.6 is 0 Å². The lowest BCUT2D eigenvalue weighted by Gasteiger charge is -2.10. The molecule has 0 N–H and O–H groups in total. The molecule has 0 unspecified atom stereocenters. The van der Waals surface area contributed by atoms with Gasteiger partial charge in [-0.05, 0) is 54.4 Å². The molecule has 0 saturated carbocycles. The molecule has 2 nitrogen and oxygen atoms in total. The van der Waals surface area contributed by atoms with Crippen molar-refractivity contribution in [2.24, 2.45) is 0 Å². The highest BCUT2D eigenvalue weighted by Crippen LogP contribution is 2.33. The van der Waals surface area contributed by atoms with Crippen molar-refractivity contribution in [1.82, 2.24) is 4.98 Å². The maximum atomic E-state index is 13.5. The predicted octanol–water partition coefficient (Wildman–Crippen LogP) is 5.55. The minimum absolute atomic E-state index is 0.0346. The highest BCUT2D eigenvalue weighted by Gasteiger charge is 2.12. The number of pyridine rings is 1. The fourth-order valence-corrected chi connectivity index (χ4v) is 2.43. The predicted molar refractivity (Wildman–Crippen MR) is 86.0 cm³/mol. The molecule has 0 fully saturated rings. The van der Waals surface area contributed by atoms with Crippen LogP contribution in [0, 0.1) is 25.1 Å². The normalized spacial score (nSPS) is 10.3. The standard InChI is InChI=1S/C19H12F2N2/c1-12-10-14(6-7-16(12)20)19-15(4-3-9-23-19)13-5-8-17(21)18(11-13)22-2/h3-11H,1H3. The lowest BCUT2D eigenvalue weighted by molar-refractivity contribution is 0.618. The summed E-state index contributed by atoms with van der Waals surface area (Å²) in [6.07, 6.45) is 1.65. The highest BCUT2D eigenvalue weighted by molar-refractivity contribution is 5.82.